The number of benzene rings is 1. The second-order valence-electron chi connectivity index (χ2n) is 2.90. The molecule has 0 aliphatic rings. The van der Waals surface area contributed by atoms with Gasteiger partial charge in [-0.2, -0.15) is 0 Å². The lowest BCUT2D eigenvalue weighted by Crippen LogP contribution is -1.84. The molecule has 0 aliphatic carbocycles. The molecule has 0 atom stereocenters. The van der Waals surface area contributed by atoms with Crippen molar-refractivity contribution >= 4 is 17.2 Å². The van der Waals surface area contributed by atoms with Crippen molar-refractivity contribution in [3.63, 3.8) is 0 Å². The number of phenols is 1. The summed E-state index contributed by atoms with van der Waals surface area (Å²) >= 11 is 0. The van der Waals surface area contributed by atoms with Gasteiger partial charge in [-0.15, -0.1) is 0 Å². The van der Waals surface area contributed by atoms with Crippen molar-refractivity contribution in [2.24, 2.45) is 0 Å². The first kappa shape index (κ1) is 8.62. The molecule has 0 saturated carbocycles. The van der Waals surface area contributed by atoms with Crippen LogP contribution in [-0.2, 0) is 0 Å². The molecule has 0 saturated heterocycles. The Morgan fingerprint density at radius 2 is 2.29 bits per heavy atom. The fourth-order valence-electron chi connectivity index (χ4n) is 1.45. The first-order chi connectivity index (χ1) is 6.77. The quantitative estimate of drug-likeness (QED) is 0.710. The monoisotopic (exact) mass is 191 g/mol. The number of aromatic hydroxyl groups is 1. The highest BCUT2D eigenvalue weighted by Gasteiger charge is 2.10. The molecule has 2 rings (SSSR count). The van der Waals surface area contributed by atoms with Crippen molar-refractivity contribution in [2.75, 3.05) is 7.11 Å². The summed E-state index contributed by atoms with van der Waals surface area (Å²) in [4.78, 5) is 13.4. The van der Waals surface area contributed by atoms with Crippen molar-refractivity contribution in [3.8, 4) is 11.5 Å². The van der Waals surface area contributed by atoms with Crippen LogP contribution in [-0.4, -0.2) is 23.5 Å². The fourth-order valence-corrected chi connectivity index (χ4v) is 1.45. The molecular formula is C10H9NO3. The molecule has 4 heteroatoms. The molecule has 14 heavy (non-hydrogen) atoms. The lowest BCUT2D eigenvalue weighted by molar-refractivity contribution is 0.112. The molecule has 0 unspecified atom stereocenters. The number of phenolic OH excluding ortho intramolecular Hbond substituents is 1. The Morgan fingerprint density at radius 3 is 2.93 bits per heavy atom. The van der Waals surface area contributed by atoms with Crippen LogP contribution in [0, 0.1) is 0 Å². The van der Waals surface area contributed by atoms with Gasteiger partial charge in [-0.3, -0.25) is 4.79 Å². The third-order valence-corrected chi connectivity index (χ3v) is 2.17. The molecule has 0 fully saturated rings. The number of hydrogen-bond donors (Lipinski definition) is 2. The first-order valence-electron chi connectivity index (χ1n) is 4.10. The van der Waals surface area contributed by atoms with E-state index in [1.165, 1.54) is 7.11 Å². The minimum absolute atomic E-state index is 0.0260. The molecule has 0 bridgehead atoms. The van der Waals surface area contributed by atoms with E-state index in [9.17, 15) is 9.90 Å². The van der Waals surface area contributed by atoms with Gasteiger partial charge in [0.1, 0.15) is 0 Å². The predicted molar refractivity (Wildman–Crippen MR) is 51.9 cm³/mol. The SMILES string of the molecule is COc1ccc2c(C=O)c[nH]c2c1O. The van der Waals surface area contributed by atoms with Crippen molar-refractivity contribution in [1.82, 2.24) is 4.98 Å². The Hall–Kier alpha value is -1.97. The Bertz CT molecular complexity index is 487. The van der Waals surface area contributed by atoms with Crippen LogP contribution in [0.5, 0.6) is 11.5 Å². The third-order valence-electron chi connectivity index (χ3n) is 2.17. The highest BCUT2D eigenvalue weighted by atomic mass is 16.5. The first-order valence-corrected chi connectivity index (χ1v) is 4.10. The Labute approximate surface area is 80.1 Å². The van der Waals surface area contributed by atoms with Gasteiger partial charge in [0.05, 0.1) is 12.6 Å². The van der Waals surface area contributed by atoms with Crippen LogP contribution < -0.4 is 4.74 Å². The van der Waals surface area contributed by atoms with Gasteiger partial charge in [0.15, 0.2) is 17.8 Å². The van der Waals surface area contributed by atoms with Gasteiger partial charge in [0.2, 0.25) is 0 Å². The molecule has 1 heterocycles. The number of hydrogen-bond acceptors (Lipinski definition) is 3. The molecule has 0 aliphatic heterocycles. The standard InChI is InChI=1S/C10H9NO3/c1-14-8-3-2-7-6(5-12)4-11-9(7)10(8)13/h2-5,11,13H,1H3. The number of methoxy groups -OCH3 is 1. The predicted octanol–water partition coefficient (Wildman–Crippen LogP) is 1.69. The molecule has 1 aromatic carbocycles. The van der Waals surface area contributed by atoms with Gasteiger partial charge in [-0.1, -0.05) is 0 Å². The van der Waals surface area contributed by atoms with Crippen LogP contribution in [0.3, 0.4) is 0 Å². The molecule has 0 amide bonds. The van der Waals surface area contributed by atoms with Crippen LogP contribution in [0.4, 0.5) is 0 Å². The van der Waals surface area contributed by atoms with Crippen molar-refractivity contribution in [2.45, 2.75) is 0 Å². The normalized spacial score (nSPS) is 10.4. The molecular weight excluding hydrogens is 182 g/mol. The number of fused-ring (bicyclic) bond motifs is 1. The lowest BCUT2D eigenvalue weighted by atomic mass is 10.1. The molecule has 1 aromatic heterocycles. The maximum atomic E-state index is 10.6. The van der Waals surface area contributed by atoms with E-state index in [0.717, 1.165) is 6.29 Å². The summed E-state index contributed by atoms with van der Waals surface area (Å²) < 4.78 is 4.94. The number of H-pyrrole nitrogens is 1. The Kier molecular flexibility index (Phi) is 1.89. The molecule has 2 aromatic rings. The van der Waals surface area contributed by atoms with Gasteiger partial charge >= 0.3 is 0 Å². The molecule has 4 nitrogen and oxygen atoms in total. The van der Waals surface area contributed by atoms with Crippen LogP contribution in [0.1, 0.15) is 10.4 Å². The van der Waals surface area contributed by atoms with Crippen molar-refractivity contribution in [1.29, 1.82) is 0 Å². The number of rotatable bonds is 2. The highest BCUT2D eigenvalue weighted by Crippen LogP contribution is 2.34. The number of aromatic nitrogens is 1. The second kappa shape index (κ2) is 3.06. The summed E-state index contributed by atoms with van der Waals surface area (Å²) in [7, 11) is 1.48. The minimum Gasteiger partial charge on any atom is -0.503 e. The van der Waals surface area contributed by atoms with E-state index in [2.05, 4.69) is 4.98 Å². The van der Waals surface area contributed by atoms with Crippen molar-refractivity contribution < 1.29 is 14.6 Å². The Balaban J connectivity index is 2.78. The summed E-state index contributed by atoms with van der Waals surface area (Å²) in [5, 5.41) is 10.4. The van der Waals surface area contributed by atoms with Crippen molar-refractivity contribution in [3.05, 3.63) is 23.9 Å². The van der Waals surface area contributed by atoms with E-state index < -0.39 is 0 Å². The lowest BCUT2D eigenvalue weighted by Gasteiger charge is -2.03. The van der Waals surface area contributed by atoms with E-state index in [1.807, 2.05) is 0 Å². The summed E-state index contributed by atoms with van der Waals surface area (Å²) in [5.41, 5.74) is 1.05. The van der Waals surface area contributed by atoms with Crippen LogP contribution >= 0.6 is 0 Å². The molecule has 2 N–H and O–H groups in total. The van der Waals surface area contributed by atoms with Crippen LogP contribution in [0.25, 0.3) is 10.9 Å². The molecule has 0 radical (unpaired) electrons. The van der Waals surface area contributed by atoms with Gasteiger partial charge in [0, 0.05) is 17.1 Å². The van der Waals surface area contributed by atoms with Gasteiger partial charge in [-0.05, 0) is 12.1 Å². The zero-order chi connectivity index (χ0) is 10.1. The zero-order valence-electron chi connectivity index (χ0n) is 7.57. The average molecular weight is 191 g/mol. The summed E-state index contributed by atoms with van der Waals surface area (Å²) in [6.45, 7) is 0. The van der Waals surface area contributed by atoms with Gasteiger partial charge in [-0.25, -0.2) is 0 Å². The van der Waals surface area contributed by atoms with Gasteiger partial charge < -0.3 is 14.8 Å². The van der Waals surface area contributed by atoms with E-state index >= 15 is 0 Å². The van der Waals surface area contributed by atoms with Crippen LogP contribution in [0.15, 0.2) is 18.3 Å². The Morgan fingerprint density at radius 1 is 1.50 bits per heavy atom. The molecule has 72 valence electrons. The summed E-state index contributed by atoms with van der Waals surface area (Å²) in [6, 6.07) is 3.35. The number of nitrogens with one attached hydrogen (secondary N) is 1. The van der Waals surface area contributed by atoms with E-state index in [-0.39, 0.29) is 5.75 Å². The zero-order valence-corrected chi connectivity index (χ0v) is 7.57. The smallest absolute Gasteiger partial charge is 0.182 e. The minimum atomic E-state index is 0.0260. The number of aromatic amines is 1. The maximum absolute atomic E-state index is 10.6. The second-order valence-corrected chi connectivity index (χ2v) is 2.90. The van der Waals surface area contributed by atoms with Gasteiger partial charge in [0.25, 0.3) is 0 Å². The number of ether oxygens (including phenoxy) is 1. The molecule has 0 spiro atoms. The van der Waals surface area contributed by atoms with E-state index in [0.29, 0.717) is 22.2 Å². The third kappa shape index (κ3) is 1.04. The van der Waals surface area contributed by atoms with Crippen LogP contribution in [0.2, 0.25) is 0 Å². The highest BCUT2D eigenvalue weighted by molar-refractivity contribution is 6.00. The largest absolute Gasteiger partial charge is 0.503 e. The number of carbonyl (C=O) groups excluding carboxylic acids is 1. The maximum Gasteiger partial charge on any atom is 0.182 e. The average Bonchev–Trinajstić information content (AvgIpc) is 2.62. The van der Waals surface area contributed by atoms with E-state index in [4.69, 9.17) is 4.74 Å². The summed E-state index contributed by atoms with van der Waals surface area (Å²) in [6.07, 6.45) is 2.29. The summed E-state index contributed by atoms with van der Waals surface area (Å²) in [5.74, 6) is 0.412. The number of carbonyl (C=O) groups is 1. The topological polar surface area (TPSA) is 62.3 Å². The fraction of sp³-hybridized carbons (Fsp3) is 0.100. The number of aldehydes is 1. The van der Waals surface area contributed by atoms with E-state index in [1.54, 1.807) is 18.3 Å².